The average molecular weight is 445 g/mol. The molecule has 1 aliphatic rings. The number of anilines is 3. The molecule has 3 aromatic rings. The van der Waals surface area contributed by atoms with Gasteiger partial charge in [0.1, 0.15) is 17.5 Å². The number of carbonyl (C=O) groups is 3. The van der Waals surface area contributed by atoms with Crippen molar-refractivity contribution in [1.82, 2.24) is 0 Å². The summed E-state index contributed by atoms with van der Waals surface area (Å²) >= 11 is 0. The van der Waals surface area contributed by atoms with Crippen LogP contribution >= 0.6 is 0 Å². The minimum Gasteiger partial charge on any atom is -0.497 e. The number of carbonyl (C=O) groups excluding carboxylic acids is 3. The van der Waals surface area contributed by atoms with E-state index in [4.69, 9.17) is 9.47 Å². The minimum absolute atomic E-state index is 0.229. The maximum atomic E-state index is 13.6. The van der Waals surface area contributed by atoms with Crippen molar-refractivity contribution >= 4 is 34.8 Å². The summed E-state index contributed by atoms with van der Waals surface area (Å²) in [6.07, 6.45) is -0.229. The zero-order valence-electron chi connectivity index (χ0n) is 18.2. The van der Waals surface area contributed by atoms with Gasteiger partial charge in [-0.2, -0.15) is 0 Å². The number of nitrogens with zero attached hydrogens (tertiary/aromatic N) is 1. The lowest BCUT2D eigenvalue weighted by molar-refractivity contribution is -0.122. The van der Waals surface area contributed by atoms with Crippen molar-refractivity contribution in [2.24, 2.45) is 0 Å². The lowest BCUT2D eigenvalue weighted by Crippen LogP contribution is -2.52. The van der Waals surface area contributed by atoms with Gasteiger partial charge in [0.2, 0.25) is 11.8 Å². The van der Waals surface area contributed by atoms with Crippen molar-refractivity contribution in [2.75, 3.05) is 29.8 Å². The number of amides is 3. The lowest BCUT2D eigenvalue weighted by atomic mass is 10.0. The fourth-order valence-electron chi connectivity index (χ4n) is 3.74. The van der Waals surface area contributed by atoms with Crippen LogP contribution in [0.4, 0.5) is 17.1 Å². The van der Waals surface area contributed by atoms with Gasteiger partial charge in [0.15, 0.2) is 0 Å². The molecule has 4 rings (SSSR count). The first-order valence-corrected chi connectivity index (χ1v) is 10.3. The number of hydrogen-bond donors (Lipinski definition) is 2. The number of fused-ring (bicyclic) bond motifs is 1. The second kappa shape index (κ2) is 9.44. The molecular weight excluding hydrogens is 422 g/mol. The standard InChI is InChI=1S/C25H23N3O5/c1-32-17-13-11-16(12-14-17)26-23(29)15-21-24(30)27-19-8-4-5-9-20(19)28(21)25(31)18-7-3-6-10-22(18)33-2/h3-14,21H,15H2,1-2H3,(H,26,29)(H,27,30). The molecule has 1 atom stereocenters. The van der Waals surface area contributed by atoms with Crippen LogP contribution in [0.5, 0.6) is 11.5 Å². The number of para-hydroxylation sites is 3. The molecule has 0 saturated heterocycles. The number of hydrogen-bond acceptors (Lipinski definition) is 5. The molecule has 0 spiro atoms. The maximum Gasteiger partial charge on any atom is 0.262 e. The van der Waals surface area contributed by atoms with E-state index in [1.165, 1.54) is 12.0 Å². The van der Waals surface area contributed by atoms with Gasteiger partial charge in [-0.05, 0) is 48.5 Å². The summed E-state index contributed by atoms with van der Waals surface area (Å²) in [5, 5.41) is 5.57. The number of methoxy groups -OCH3 is 2. The summed E-state index contributed by atoms with van der Waals surface area (Å²) in [7, 11) is 3.03. The van der Waals surface area contributed by atoms with Gasteiger partial charge in [-0.15, -0.1) is 0 Å². The smallest absolute Gasteiger partial charge is 0.262 e. The van der Waals surface area contributed by atoms with Crippen LogP contribution in [0.2, 0.25) is 0 Å². The van der Waals surface area contributed by atoms with Crippen LogP contribution in [-0.2, 0) is 9.59 Å². The molecule has 3 aromatic carbocycles. The average Bonchev–Trinajstić information content (AvgIpc) is 2.84. The number of nitrogens with one attached hydrogen (secondary N) is 2. The third-order valence-electron chi connectivity index (χ3n) is 5.34. The van der Waals surface area contributed by atoms with Crippen molar-refractivity contribution < 1.29 is 23.9 Å². The summed E-state index contributed by atoms with van der Waals surface area (Å²) in [6, 6.07) is 19.6. The third kappa shape index (κ3) is 4.50. The van der Waals surface area contributed by atoms with Gasteiger partial charge in [0, 0.05) is 5.69 Å². The Morgan fingerprint density at radius 2 is 1.64 bits per heavy atom. The highest BCUT2D eigenvalue weighted by atomic mass is 16.5. The Morgan fingerprint density at radius 3 is 2.36 bits per heavy atom. The molecule has 0 aromatic heterocycles. The first-order valence-electron chi connectivity index (χ1n) is 10.3. The summed E-state index contributed by atoms with van der Waals surface area (Å²) in [4.78, 5) is 40.8. The maximum absolute atomic E-state index is 13.6. The summed E-state index contributed by atoms with van der Waals surface area (Å²) < 4.78 is 10.5. The van der Waals surface area contributed by atoms with Gasteiger partial charge < -0.3 is 20.1 Å². The molecule has 1 unspecified atom stereocenters. The first kappa shape index (κ1) is 21.9. The molecule has 0 bridgehead atoms. The van der Waals surface area contributed by atoms with E-state index < -0.39 is 23.8 Å². The molecule has 168 valence electrons. The monoisotopic (exact) mass is 445 g/mol. The first-order chi connectivity index (χ1) is 16.0. The Balaban J connectivity index is 1.65. The third-order valence-corrected chi connectivity index (χ3v) is 5.34. The van der Waals surface area contributed by atoms with E-state index in [0.717, 1.165) is 0 Å². The van der Waals surface area contributed by atoms with Gasteiger partial charge in [-0.1, -0.05) is 24.3 Å². The molecular formula is C25H23N3O5. The van der Waals surface area contributed by atoms with Crippen LogP contribution in [0.15, 0.2) is 72.8 Å². The van der Waals surface area contributed by atoms with E-state index in [-0.39, 0.29) is 6.42 Å². The Hall–Kier alpha value is -4.33. The van der Waals surface area contributed by atoms with Crippen LogP contribution in [0, 0.1) is 0 Å². The van der Waals surface area contributed by atoms with Crippen molar-refractivity contribution in [1.29, 1.82) is 0 Å². The summed E-state index contributed by atoms with van der Waals surface area (Å²) in [6.45, 7) is 0. The van der Waals surface area contributed by atoms with Gasteiger partial charge in [0.25, 0.3) is 5.91 Å². The van der Waals surface area contributed by atoms with E-state index in [9.17, 15) is 14.4 Å². The topological polar surface area (TPSA) is 97.0 Å². The Morgan fingerprint density at radius 1 is 0.939 bits per heavy atom. The Bertz CT molecular complexity index is 1190. The quantitative estimate of drug-likeness (QED) is 0.603. The Kier molecular flexibility index (Phi) is 6.26. The largest absolute Gasteiger partial charge is 0.497 e. The van der Waals surface area contributed by atoms with Crippen molar-refractivity contribution in [3.8, 4) is 11.5 Å². The summed E-state index contributed by atoms with van der Waals surface area (Å²) in [5.41, 5.74) is 1.86. The van der Waals surface area contributed by atoms with Crippen molar-refractivity contribution in [2.45, 2.75) is 12.5 Å². The van der Waals surface area contributed by atoms with Crippen LogP contribution in [0.1, 0.15) is 16.8 Å². The zero-order chi connectivity index (χ0) is 23.4. The number of rotatable bonds is 6. The van der Waals surface area contributed by atoms with E-state index in [1.54, 1.807) is 79.9 Å². The fraction of sp³-hybridized carbons (Fsp3) is 0.160. The second-order valence-electron chi connectivity index (χ2n) is 7.38. The predicted molar refractivity (Wildman–Crippen MR) is 125 cm³/mol. The molecule has 8 heteroatoms. The normalized spacial score (nSPS) is 14.7. The van der Waals surface area contributed by atoms with Crippen molar-refractivity contribution in [3.63, 3.8) is 0 Å². The molecule has 3 amide bonds. The van der Waals surface area contributed by atoms with E-state index >= 15 is 0 Å². The molecule has 1 aliphatic heterocycles. The highest BCUT2D eigenvalue weighted by Crippen LogP contribution is 2.35. The van der Waals surface area contributed by atoms with Gasteiger partial charge >= 0.3 is 0 Å². The van der Waals surface area contributed by atoms with Crippen LogP contribution in [0.25, 0.3) is 0 Å². The SMILES string of the molecule is COc1ccc(NC(=O)CC2C(=O)Nc3ccccc3N2C(=O)c2ccccc2OC)cc1. The Labute approximate surface area is 191 Å². The number of benzene rings is 3. The predicted octanol–water partition coefficient (Wildman–Crippen LogP) is 3.70. The van der Waals surface area contributed by atoms with Crippen LogP contribution in [-0.4, -0.2) is 38.0 Å². The van der Waals surface area contributed by atoms with Crippen LogP contribution < -0.4 is 25.0 Å². The molecule has 0 saturated carbocycles. The van der Waals surface area contributed by atoms with Crippen molar-refractivity contribution in [3.05, 3.63) is 78.4 Å². The molecule has 33 heavy (non-hydrogen) atoms. The molecule has 8 nitrogen and oxygen atoms in total. The zero-order valence-corrected chi connectivity index (χ0v) is 18.2. The molecule has 0 aliphatic carbocycles. The van der Waals surface area contributed by atoms with E-state index in [2.05, 4.69) is 10.6 Å². The molecule has 2 N–H and O–H groups in total. The van der Waals surface area contributed by atoms with Crippen LogP contribution in [0.3, 0.4) is 0 Å². The summed E-state index contributed by atoms with van der Waals surface area (Å²) in [5.74, 6) is -0.242. The second-order valence-corrected chi connectivity index (χ2v) is 7.38. The highest BCUT2D eigenvalue weighted by Gasteiger charge is 2.39. The van der Waals surface area contributed by atoms with Gasteiger partial charge in [0.05, 0.1) is 37.6 Å². The number of ether oxygens (including phenoxy) is 2. The van der Waals surface area contributed by atoms with Gasteiger partial charge in [-0.25, -0.2) is 0 Å². The molecule has 1 heterocycles. The van der Waals surface area contributed by atoms with E-state index in [0.29, 0.717) is 34.1 Å². The molecule has 0 radical (unpaired) electrons. The molecule has 0 fully saturated rings. The lowest BCUT2D eigenvalue weighted by Gasteiger charge is -2.36. The minimum atomic E-state index is -1.05. The van der Waals surface area contributed by atoms with E-state index in [1.807, 2.05) is 0 Å². The fourth-order valence-corrected chi connectivity index (χ4v) is 3.74. The highest BCUT2D eigenvalue weighted by molar-refractivity contribution is 6.18. The van der Waals surface area contributed by atoms with Gasteiger partial charge in [-0.3, -0.25) is 19.3 Å².